The predicted octanol–water partition coefficient (Wildman–Crippen LogP) is 0.469. The number of benzene rings is 1. The van der Waals surface area contributed by atoms with Gasteiger partial charge in [0.25, 0.3) is 10.1 Å². The van der Waals surface area contributed by atoms with Crippen molar-refractivity contribution in [1.82, 2.24) is 0 Å². The average molecular weight is 376 g/mol. The molecule has 3 rings (SSSR count). The van der Waals surface area contributed by atoms with Crippen LogP contribution in [0.25, 0.3) is 0 Å². The summed E-state index contributed by atoms with van der Waals surface area (Å²) in [4.78, 5) is 12.4. The van der Waals surface area contributed by atoms with E-state index in [-0.39, 0.29) is 43.3 Å². The number of rotatable bonds is 7. The molecule has 7 heteroatoms. The molecule has 0 heterocycles. The van der Waals surface area contributed by atoms with Crippen molar-refractivity contribution in [2.75, 3.05) is 0 Å². The summed E-state index contributed by atoms with van der Waals surface area (Å²) in [5, 5.41) is 10.1. The molecule has 0 saturated heterocycles. The maximum Gasteiger partial charge on any atom is 1.00 e. The van der Waals surface area contributed by atoms with Crippen LogP contribution in [-0.2, 0) is 20.3 Å². The standard InChI is InChI=1S/C18H24O5S.Na.H/c1-3-17(2,24(21,22)23)18(16(19)20,15-10-11-15)14-8-6-13(7-9-14)12-4-5-12;;/h6-9,12,15H,3-5,10-11H2,1-2H3,(H,19,20)(H,21,22,23);;/q;+1;-1/t17?,18-;;/m0../s1. The molecule has 2 aliphatic rings. The van der Waals surface area contributed by atoms with Crippen LogP contribution in [0.15, 0.2) is 24.3 Å². The van der Waals surface area contributed by atoms with E-state index in [9.17, 15) is 22.9 Å². The number of carboxylic acids is 1. The van der Waals surface area contributed by atoms with Gasteiger partial charge in [0.2, 0.25) is 0 Å². The Morgan fingerprint density at radius 1 is 1.20 bits per heavy atom. The van der Waals surface area contributed by atoms with E-state index in [0.717, 1.165) is 12.8 Å². The van der Waals surface area contributed by atoms with Crippen molar-refractivity contribution >= 4 is 16.1 Å². The molecule has 25 heavy (non-hydrogen) atoms. The zero-order valence-corrected chi connectivity index (χ0v) is 17.8. The van der Waals surface area contributed by atoms with E-state index in [1.165, 1.54) is 12.5 Å². The maximum absolute atomic E-state index is 12.4. The molecule has 1 aromatic rings. The molecule has 2 atom stereocenters. The topological polar surface area (TPSA) is 91.7 Å². The van der Waals surface area contributed by atoms with Gasteiger partial charge in [-0.15, -0.1) is 0 Å². The molecule has 2 N–H and O–H groups in total. The Morgan fingerprint density at radius 2 is 1.72 bits per heavy atom. The van der Waals surface area contributed by atoms with E-state index in [0.29, 0.717) is 24.3 Å². The van der Waals surface area contributed by atoms with Crippen molar-refractivity contribution in [1.29, 1.82) is 0 Å². The third-order valence-electron chi connectivity index (χ3n) is 6.02. The minimum Gasteiger partial charge on any atom is -1.00 e. The van der Waals surface area contributed by atoms with E-state index < -0.39 is 26.2 Å². The Hall–Kier alpha value is -0.400. The van der Waals surface area contributed by atoms with Crippen LogP contribution in [0.4, 0.5) is 0 Å². The molecule has 1 aromatic carbocycles. The third-order valence-corrected chi connectivity index (χ3v) is 7.77. The Labute approximate surface area is 172 Å². The normalized spacial score (nSPS) is 22.4. The van der Waals surface area contributed by atoms with Crippen LogP contribution in [0.5, 0.6) is 0 Å². The van der Waals surface area contributed by atoms with Gasteiger partial charge in [-0.25, -0.2) is 0 Å². The predicted molar refractivity (Wildman–Crippen MR) is 91.8 cm³/mol. The molecule has 5 nitrogen and oxygen atoms in total. The Bertz CT molecular complexity index is 758. The molecule has 0 radical (unpaired) electrons. The smallest absolute Gasteiger partial charge is 1.00 e. The van der Waals surface area contributed by atoms with Crippen molar-refractivity contribution in [2.45, 2.75) is 62.0 Å². The SMILES string of the molecule is CCC(C)([C@@](C(=O)O)(c1ccc(C2CC2)cc1)C1CC1)S(=O)(=O)O.[H-].[Na+]. The molecule has 134 valence electrons. The van der Waals surface area contributed by atoms with Gasteiger partial charge in [0.1, 0.15) is 10.2 Å². The van der Waals surface area contributed by atoms with Crippen molar-refractivity contribution in [3.8, 4) is 0 Å². The molecular formula is C18H25NaO5S. The number of aliphatic carboxylic acids is 1. The van der Waals surface area contributed by atoms with E-state index in [1.54, 1.807) is 19.1 Å². The zero-order chi connectivity index (χ0) is 17.8. The summed E-state index contributed by atoms with van der Waals surface area (Å²) in [5.74, 6) is -0.918. The van der Waals surface area contributed by atoms with Crippen molar-refractivity contribution in [3.63, 3.8) is 0 Å². The molecule has 2 saturated carbocycles. The van der Waals surface area contributed by atoms with Crippen molar-refractivity contribution in [2.24, 2.45) is 5.92 Å². The Morgan fingerprint density at radius 3 is 2.04 bits per heavy atom. The van der Waals surface area contributed by atoms with Gasteiger partial charge in [0.15, 0.2) is 0 Å². The molecule has 0 aliphatic heterocycles. The number of carboxylic acid groups (broad SMARTS) is 1. The van der Waals surface area contributed by atoms with Crippen molar-refractivity contribution < 1.29 is 53.9 Å². The van der Waals surface area contributed by atoms with Crippen LogP contribution < -0.4 is 29.6 Å². The summed E-state index contributed by atoms with van der Waals surface area (Å²) in [6, 6.07) is 7.32. The summed E-state index contributed by atoms with van der Waals surface area (Å²) >= 11 is 0. The van der Waals surface area contributed by atoms with Crippen LogP contribution in [0.3, 0.4) is 0 Å². The number of hydrogen-bond acceptors (Lipinski definition) is 3. The van der Waals surface area contributed by atoms with Gasteiger partial charge < -0.3 is 6.53 Å². The van der Waals surface area contributed by atoms with E-state index in [4.69, 9.17) is 0 Å². The van der Waals surface area contributed by atoms with Crippen LogP contribution in [0.2, 0.25) is 0 Å². The number of carbonyl (C=O) groups is 1. The second-order valence-electron chi connectivity index (χ2n) is 7.34. The maximum atomic E-state index is 12.4. The molecule has 2 aliphatic carbocycles. The fourth-order valence-corrected chi connectivity index (χ4v) is 5.26. The van der Waals surface area contributed by atoms with E-state index >= 15 is 0 Å². The van der Waals surface area contributed by atoms with Crippen LogP contribution in [0.1, 0.15) is 64.4 Å². The molecular weight excluding hydrogens is 351 g/mol. The van der Waals surface area contributed by atoms with Gasteiger partial charge in [-0.05, 0) is 62.0 Å². The second-order valence-corrected chi connectivity index (χ2v) is 9.19. The van der Waals surface area contributed by atoms with Gasteiger partial charge in [-0.1, -0.05) is 31.2 Å². The van der Waals surface area contributed by atoms with Crippen LogP contribution >= 0.6 is 0 Å². The molecule has 0 aromatic heterocycles. The first kappa shape index (κ1) is 20.9. The zero-order valence-electron chi connectivity index (χ0n) is 16.0. The fraction of sp³-hybridized carbons (Fsp3) is 0.611. The largest absolute Gasteiger partial charge is 1.00 e. The first-order chi connectivity index (χ1) is 11.2. The minimum atomic E-state index is -4.57. The summed E-state index contributed by atoms with van der Waals surface area (Å²) in [6.45, 7) is 2.98. The summed E-state index contributed by atoms with van der Waals surface area (Å²) in [7, 11) is -4.57. The third kappa shape index (κ3) is 3.21. The van der Waals surface area contributed by atoms with E-state index in [1.807, 2.05) is 12.1 Å². The van der Waals surface area contributed by atoms with Gasteiger partial charge in [-0.2, -0.15) is 8.42 Å². The van der Waals surface area contributed by atoms with Gasteiger partial charge in [0.05, 0.1) is 0 Å². The average Bonchev–Trinajstić information content (AvgIpc) is 3.38. The van der Waals surface area contributed by atoms with Gasteiger partial charge in [0, 0.05) is 0 Å². The number of hydrogen-bond donors (Lipinski definition) is 2. The molecule has 0 bridgehead atoms. The molecule has 2 fully saturated rings. The summed E-state index contributed by atoms with van der Waals surface area (Å²) in [6.07, 6.45) is 3.62. The van der Waals surface area contributed by atoms with Crippen molar-refractivity contribution in [3.05, 3.63) is 35.4 Å². The Kier molecular flexibility index (Phi) is 5.82. The van der Waals surface area contributed by atoms with Gasteiger partial charge >= 0.3 is 35.5 Å². The van der Waals surface area contributed by atoms with Gasteiger partial charge in [-0.3, -0.25) is 9.35 Å². The second kappa shape index (κ2) is 6.97. The quantitative estimate of drug-likeness (QED) is 0.533. The minimum absolute atomic E-state index is 0. The Balaban J connectivity index is 0.00000169. The monoisotopic (exact) mass is 376 g/mol. The fourth-order valence-electron chi connectivity index (χ4n) is 4.11. The molecule has 1 unspecified atom stereocenters. The van der Waals surface area contributed by atoms with Crippen LogP contribution in [0, 0.1) is 5.92 Å². The molecule has 0 amide bonds. The first-order valence-corrected chi connectivity index (χ1v) is 9.93. The molecule has 0 spiro atoms. The summed E-state index contributed by atoms with van der Waals surface area (Å²) < 4.78 is 32.6. The van der Waals surface area contributed by atoms with E-state index in [2.05, 4.69) is 0 Å². The summed E-state index contributed by atoms with van der Waals surface area (Å²) in [5.41, 5.74) is 0.0139. The first-order valence-electron chi connectivity index (χ1n) is 8.49. The van der Waals surface area contributed by atoms with Crippen LogP contribution in [-0.4, -0.2) is 28.8 Å².